The molecule has 1 saturated heterocycles. The summed E-state index contributed by atoms with van der Waals surface area (Å²) in [4.78, 5) is 13.3. The fourth-order valence-electron chi connectivity index (χ4n) is 1.65. The summed E-state index contributed by atoms with van der Waals surface area (Å²) in [6.45, 7) is 0.538. The molecule has 1 unspecified atom stereocenters. The Hall–Kier alpha value is -0.740. The fraction of sp³-hybridized carbons (Fsp3) is 0.300. The SMILES string of the molecule is O=C1CC(Br)CN1c1c(O)cccc1Cl. The predicted molar refractivity (Wildman–Crippen MR) is 62.8 cm³/mol. The minimum absolute atomic E-state index is 0.0275. The molecular weight excluding hydrogens is 281 g/mol. The van der Waals surface area contributed by atoms with E-state index >= 15 is 0 Å². The van der Waals surface area contributed by atoms with Crippen molar-refractivity contribution in [2.45, 2.75) is 11.2 Å². The molecule has 1 aromatic carbocycles. The van der Waals surface area contributed by atoms with Gasteiger partial charge in [0.2, 0.25) is 5.91 Å². The molecule has 1 aliphatic heterocycles. The number of rotatable bonds is 1. The van der Waals surface area contributed by atoms with Crippen LogP contribution in [0, 0.1) is 0 Å². The minimum Gasteiger partial charge on any atom is -0.506 e. The fourth-order valence-corrected chi connectivity index (χ4v) is 2.49. The third-order valence-corrected chi connectivity index (χ3v) is 3.23. The number of anilines is 1. The van der Waals surface area contributed by atoms with E-state index in [9.17, 15) is 9.90 Å². The van der Waals surface area contributed by atoms with Gasteiger partial charge in [0, 0.05) is 17.8 Å². The highest BCUT2D eigenvalue weighted by Gasteiger charge is 2.31. The number of amides is 1. The lowest BCUT2D eigenvalue weighted by Crippen LogP contribution is -2.24. The van der Waals surface area contributed by atoms with E-state index in [0.717, 1.165) is 0 Å². The summed E-state index contributed by atoms with van der Waals surface area (Å²) in [5.74, 6) is 0.0118. The number of para-hydroxylation sites is 1. The van der Waals surface area contributed by atoms with E-state index in [1.54, 1.807) is 12.1 Å². The second-order valence-electron chi connectivity index (χ2n) is 3.41. The number of carbonyl (C=O) groups excluding carboxylic acids is 1. The number of phenolic OH excluding ortho intramolecular Hbond substituents is 1. The zero-order valence-corrected chi connectivity index (χ0v) is 10.1. The van der Waals surface area contributed by atoms with Crippen molar-refractivity contribution < 1.29 is 9.90 Å². The zero-order chi connectivity index (χ0) is 11.0. The second kappa shape index (κ2) is 4.02. The predicted octanol–water partition coefficient (Wildman–Crippen LogP) is 2.55. The van der Waals surface area contributed by atoms with E-state index in [1.807, 2.05) is 0 Å². The highest BCUT2D eigenvalue weighted by atomic mass is 79.9. The van der Waals surface area contributed by atoms with Crippen LogP contribution in [0.2, 0.25) is 5.02 Å². The zero-order valence-electron chi connectivity index (χ0n) is 7.78. The van der Waals surface area contributed by atoms with Gasteiger partial charge in [-0.25, -0.2) is 0 Å². The Morgan fingerprint density at radius 3 is 2.80 bits per heavy atom. The van der Waals surface area contributed by atoms with Gasteiger partial charge in [0.25, 0.3) is 0 Å². The van der Waals surface area contributed by atoms with Crippen LogP contribution in [0.5, 0.6) is 5.75 Å². The molecule has 0 aromatic heterocycles. The van der Waals surface area contributed by atoms with Crippen molar-refractivity contribution in [3.8, 4) is 5.75 Å². The first kappa shape index (κ1) is 10.8. The topological polar surface area (TPSA) is 40.5 Å². The van der Waals surface area contributed by atoms with Crippen molar-refractivity contribution in [2.75, 3.05) is 11.4 Å². The van der Waals surface area contributed by atoms with E-state index in [0.29, 0.717) is 23.7 Å². The van der Waals surface area contributed by atoms with Crippen LogP contribution in [0.15, 0.2) is 18.2 Å². The first-order valence-corrected chi connectivity index (χ1v) is 5.81. The molecule has 80 valence electrons. The number of benzene rings is 1. The van der Waals surface area contributed by atoms with E-state index in [-0.39, 0.29) is 16.5 Å². The van der Waals surface area contributed by atoms with Crippen LogP contribution in [0.1, 0.15) is 6.42 Å². The number of phenols is 1. The Morgan fingerprint density at radius 2 is 2.27 bits per heavy atom. The number of alkyl halides is 1. The molecule has 1 N–H and O–H groups in total. The van der Waals surface area contributed by atoms with E-state index in [1.165, 1.54) is 11.0 Å². The molecule has 0 radical (unpaired) electrons. The van der Waals surface area contributed by atoms with Crippen LogP contribution in [0.25, 0.3) is 0 Å². The molecule has 15 heavy (non-hydrogen) atoms. The van der Waals surface area contributed by atoms with Gasteiger partial charge in [-0.1, -0.05) is 33.6 Å². The lowest BCUT2D eigenvalue weighted by Gasteiger charge is -2.18. The van der Waals surface area contributed by atoms with E-state index in [4.69, 9.17) is 11.6 Å². The van der Waals surface area contributed by atoms with Crippen LogP contribution in [-0.2, 0) is 4.79 Å². The molecule has 0 spiro atoms. The first-order chi connectivity index (χ1) is 7.09. The monoisotopic (exact) mass is 289 g/mol. The van der Waals surface area contributed by atoms with Gasteiger partial charge >= 0.3 is 0 Å². The maximum absolute atomic E-state index is 11.6. The van der Waals surface area contributed by atoms with Crippen molar-refractivity contribution >= 4 is 39.1 Å². The highest BCUT2D eigenvalue weighted by Crippen LogP contribution is 2.37. The molecule has 1 amide bonds. The summed E-state index contributed by atoms with van der Waals surface area (Å²) >= 11 is 9.33. The normalized spacial score (nSPS) is 21.1. The standard InChI is InChI=1S/C10H9BrClNO2/c11-6-4-9(15)13(5-6)10-7(12)2-1-3-8(10)14/h1-3,6,14H,4-5H2. The number of hydrogen-bond acceptors (Lipinski definition) is 2. The van der Waals surface area contributed by atoms with Crippen molar-refractivity contribution in [1.82, 2.24) is 0 Å². The van der Waals surface area contributed by atoms with Gasteiger partial charge in [-0.3, -0.25) is 4.79 Å². The lowest BCUT2D eigenvalue weighted by atomic mass is 10.2. The van der Waals surface area contributed by atoms with Crippen molar-refractivity contribution in [2.24, 2.45) is 0 Å². The van der Waals surface area contributed by atoms with E-state index in [2.05, 4.69) is 15.9 Å². The van der Waals surface area contributed by atoms with E-state index < -0.39 is 0 Å². The first-order valence-electron chi connectivity index (χ1n) is 4.51. The van der Waals surface area contributed by atoms with Crippen LogP contribution in [-0.4, -0.2) is 22.4 Å². The Kier molecular flexibility index (Phi) is 2.89. The quantitative estimate of drug-likeness (QED) is 0.808. The molecule has 1 heterocycles. The Balaban J connectivity index is 2.41. The second-order valence-corrected chi connectivity index (χ2v) is 5.12. The maximum atomic E-state index is 11.6. The third-order valence-electron chi connectivity index (χ3n) is 2.31. The van der Waals surface area contributed by atoms with Gasteiger partial charge in [0.1, 0.15) is 11.4 Å². The van der Waals surface area contributed by atoms with Gasteiger partial charge in [-0.2, -0.15) is 0 Å². The van der Waals surface area contributed by atoms with Crippen molar-refractivity contribution in [3.05, 3.63) is 23.2 Å². The average Bonchev–Trinajstić information content (AvgIpc) is 2.45. The molecular formula is C10H9BrClNO2. The Labute approximate surface area is 101 Å². The Bertz CT molecular complexity index is 390. The number of hydrogen-bond donors (Lipinski definition) is 1. The lowest BCUT2D eigenvalue weighted by molar-refractivity contribution is -0.117. The smallest absolute Gasteiger partial charge is 0.228 e. The summed E-state index contributed by atoms with van der Waals surface area (Å²) in [5.41, 5.74) is 0.408. The summed E-state index contributed by atoms with van der Waals surface area (Å²) in [7, 11) is 0. The van der Waals surface area contributed by atoms with Crippen molar-refractivity contribution in [1.29, 1.82) is 0 Å². The maximum Gasteiger partial charge on any atom is 0.228 e. The molecule has 0 aliphatic carbocycles. The number of nitrogens with zero attached hydrogens (tertiary/aromatic N) is 1. The number of carbonyl (C=O) groups is 1. The molecule has 3 nitrogen and oxygen atoms in total. The molecule has 0 bridgehead atoms. The third kappa shape index (κ3) is 1.96. The molecule has 1 aliphatic rings. The molecule has 1 atom stereocenters. The minimum atomic E-state index is -0.0275. The summed E-state index contributed by atoms with van der Waals surface area (Å²) < 4.78 is 0. The van der Waals surface area contributed by atoms with Gasteiger partial charge in [-0.15, -0.1) is 0 Å². The van der Waals surface area contributed by atoms with Crippen molar-refractivity contribution in [3.63, 3.8) is 0 Å². The molecule has 1 fully saturated rings. The molecule has 1 aromatic rings. The van der Waals surface area contributed by atoms with Gasteiger partial charge in [0.15, 0.2) is 0 Å². The molecule has 0 saturated carbocycles. The Morgan fingerprint density at radius 1 is 1.53 bits per heavy atom. The number of halogens is 2. The summed E-state index contributed by atoms with van der Waals surface area (Å²) in [6.07, 6.45) is 0.435. The highest BCUT2D eigenvalue weighted by molar-refractivity contribution is 9.09. The van der Waals surface area contributed by atoms with Crippen LogP contribution in [0.3, 0.4) is 0 Å². The molecule has 5 heteroatoms. The van der Waals surface area contributed by atoms with Gasteiger partial charge in [-0.05, 0) is 12.1 Å². The van der Waals surface area contributed by atoms with Crippen LogP contribution in [0.4, 0.5) is 5.69 Å². The van der Waals surface area contributed by atoms with Crippen LogP contribution < -0.4 is 4.90 Å². The summed E-state index contributed by atoms with van der Waals surface area (Å²) in [6, 6.07) is 4.83. The largest absolute Gasteiger partial charge is 0.506 e. The summed E-state index contributed by atoms with van der Waals surface area (Å²) in [5, 5.41) is 10.1. The average molecular weight is 291 g/mol. The molecule has 2 rings (SSSR count). The van der Waals surface area contributed by atoms with Gasteiger partial charge < -0.3 is 10.0 Å². The van der Waals surface area contributed by atoms with Crippen LogP contribution >= 0.6 is 27.5 Å². The van der Waals surface area contributed by atoms with Gasteiger partial charge in [0.05, 0.1) is 5.02 Å². The number of aromatic hydroxyl groups is 1.